The van der Waals surface area contributed by atoms with Crippen LogP contribution in [0.1, 0.15) is 30.1 Å². The van der Waals surface area contributed by atoms with Gasteiger partial charge in [-0.3, -0.25) is 4.79 Å². The van der Waals surface area contributed by atoms with Crippen LogP contribution in [-0.2, 0) is 17.6 Å². The summed E-state index contributed by atoms with van der Waals surface area (Å²) in [7, 11) is 0. The van der Waals surface area contributed by atoms with E-state index >= 15 is 0 Å². The van der Waals surface area contributed by atoms with E-state index in [0.717, 1.165) is 6.42 Å². The van der Waals surface area contributed by atoms with Crippen molar-refractivity contribution in [3.05, 3.63) is 47.6 Å². The minimum Gasteiger partial charge on any atom is -0.481 e. The Balaban J connectivity index is 1.97. The Bertz CT molecular complexity index is 522. The van der Waals surface area contributed by atoms with Gasteiger partial charge >= 0.3 is 5.97 Å². The number of carboxylic acid groups (broad SMARTS) is 1. The highest BCUT2D eigenvalue weighted by Crippen LogP contribution is 2.13. The number of hydrogen-bond acceptors (Lipinski definition) is 4. The molecule has 94 valence electrons. The van der Waals surface area contributed by atoms with Gasteiger partial charge in [-0.2, -0.15) is 4.98 Å². The molecular weight excluding hydrogens is 232 g/mol. The molecule has 0 aliphatic rings. The van der Waals surface area contributed by atoms with Crippen LogP contribution in [0.4, 0.5) is 0 Å². The summed E-state index contributed by atoms with van der Waals surface area (Å²) in [6.45, 7) is 1.52. The van der Waals surface area contributed by atoms with Crippen molar-refractivity contribution in [3.63, 3.8) is 0 Å². The van der Waals surface area contributed by atoms with Crippen LogP contribution in [0.5, 0.6) is 0 Å². The molecule has 2 rings (SSSR count). The summed E-state index contributed by atoms with van der Waals surface area (Å²) in [5.74, 6) is -1.02. The van der Waals surface area contributed by atoms with Gasteiger partial charge in [-0.25, -0.2) is 0 Å². The molecule has 0 spiro atoms. The van der Waals surface area contributed by atoms with E-state index in [1.165, 1.54) is 12.5 Å². The highest BCUT2D eigenvalue weighted by Gasteiger charge is 2.20. The number of hydrogen-bond donors (Lipinski definition) is 1. The van der Waals surface area contributed by atoms with Crippen molar-refractivity contribution in [2.75, 3.05) is 0 Å². The summed E-state index contributed by atoms with van der Waals surface area (Å²) in [6, 6.07) is 9.97. The molecule has 0 aliphatic carbocycles. The van der Waals surface area contributed by atoms with Gasteiger partial charge in [0.2, 0.25) is 5.89 Å². The average Bonchev–Trinajstić information content (AvgIpc) is 2.85. The molecule has 0 radical (unpaired) electrons. The third kappa shape index (κ3) is 2.94. The summed E-state index contributed by atoms with van der Waals surface area (Å²) in [5, 5.41) is 12.6. The molecular formula is C13H14N2O3. The number of rotatable bonds is 5. The van der Waals surface area contributed by atoms with Crippen LogP contribution in [0, 0.1) is 0 Å². The molecule has 1 aromatic heterocycles. The molecule has 1 aromatic carbocycles. The first kappa shape index (κ1) is 12.3. The summed E-state index contributed by atoms with van der Waals surface area (Å²) in [4.78, 5) is 14.8. The van der Waals surface area contributed by atoms with Crippen molar-refractivity contribution in [3.8, 4) is 0 Å². The van der Waals surface area contributed by atoms with Gasteiger partial charge in [0.25, 0.3) is 0 Å². The van der Waals surface area contributed by atoms with E-state index in [1.54, 1.807) is 0 Å². The molecule has 1 heterocycles. The lowest BCUT2D eigenvalue weighted by molar-refractivity contribution is -0.138. The maximum atomic E-state index is 10.8. The second-order valence-electron chi connectivity index (χ2n) is 4.09. The van der Waals surface area contributed by atoms with Gasteiger partial charge in [-0.05, 0) is 18.9 Å². The van der Waals surface area contributed by atoms with E-state index in [0.29, 0.717) is 12.2 Å². The van der Waals surface area contributed by atoms with Crippen molar-refractivity contribution in [2.45, 2.75) is 25.7 Å². The van der Waals surface area contributed by atoms with Crippen LogP contribution in [0.2, 0.25) is 0 Å². The first-order valence-electron chi connectivity index (χ1n) is 5.76. The summed E-state index contributed by atoms with van der Waals surface area (Å²) in [5.41, 5.74) is 1.19. The Morgan fingerprint density at radius 3 is 2.72 bits per heavy atom. The Kier molecular flexibility index (Phi) is 3.72. The van der Waals surface area contributed by atoms with Crippen molar-refractivity contribution in [1.29, 1.82) is 0 Å². The molecule has 1 N–H and O–H groups in total. The molecule has 18 heavy (non-hydrogen) atoms. The van der Waals surface area contributed by atoms with Crippen molar-refractivity contribution in [2.24, 2.45) is 0 Å². The monoisotopic (exact) mass is 246 g/mol. The van der Waals surface area contributed by atoms with Gasteiger partial charge in [0.1, 0.15) is 5.92 Å². The predicted octanol–water partition coefficient (Wildman–Crippen LogP) is 2.04. The van der Waals surface area contributed by atoms with E-state index in [2.05, 4.69) is 10.1 Å². The smallest absolute Gasteiger partial charge is 0.315 e. The van der Waals surface area contributed by atoms with Crippen LogP contribution >= 0.6 is 0 Å². The molecule has 0 fully saturated rings. The second kappa shape index (κ2) is 5.44. The van der Waals surface area contributed by atoms with Crippen LogP contribution in [-0.4, -0.2) is 21.2 Å². The van der Waals surface area contributed by atoms with Gasteiger partial charge in [0.05, 0.1) is 0 Å². The molecule has 0 saturated heterocycles. The van der Waals surface area contributed by atoms with Crippen LogP contribution in [0.25, 0.3) is 0 Å². The number of benzene rings is 1. The number of aryl methyl sites for hydroxylation is 2. The van der Waals surface area contributed by atoms with E-state index in [4.69, 9.17) is 9.63 Å². The standard InChI is InChI=1S/C13H14N2O3/c1-9(13(16)17)12-14-11(15-18-12)8-7-10-5-3-2-4-6-10/h2-6,9H,7-8H2,1H3,(H,16,17). The van der Waals surface area contributed by atoms with Crippen LogP contribution in [0.3, 0.4) is 0 Å². The molecule has 0 amide bonds. The average molecular weight is 246 g/mol. The van der Waals surface area contributed by atoms with Crippen LogP contribution in [0.15, 0.2) is 34.9 Å². The van der Waals surface area contributed by atoms with Gasteiger partial charge in [0.15, 0.2) is 5.82 Å². The van der Waals surface area contributed by atoms with Crippen molar-refractivity contribution < 1.29 is 14.4 Å². The fourth-order valence-electron chi connectivity index (χ4n) is 1.55. The molecule has 0 aliphatic heterocycles. The number of aromatic nitrogens is 2. The Hall–Kier alpha value is -2.17. The first-order chi connectivity index (χ1) is 8.66. The third-order valence-electron chi connectivity index (χ3n) is 2.70. The number of aliphatic carboxylic acids is 1. The molecule has 2 aromatic rings. The van der Waals surface area contributed by atoms with Crippen LogP contribution < -0.4 is 0 Å². The fourth-order valence-corrected chi connectivity index (χ4v) is 1.55. The summed E-state index contributed by atoms with van der Waals surface area (Å²) >= 11 is 0. The largest absolute Gasteiger partial charge is 0.481 e. The lowest BCUT2D eigenvalue weighted by Gasteiger charge is -1.97. The summed E-state index contributed by atoms with van der Waals surface area (Å²) in [6.07, 6.45) is 1.45. The zero-order valence-corrected chi connectivity index (χ0v) is 10.0. The predicted molar refractivity (Wildman–Crippen MR) is 64.2 cm³/mol. The summed E-state index contributed by atoms with van der Waals surface area (Å²) < 4.78 is 4.93. The lowest BCUT2D eigenvalue weighted by atomic mass is 10.1. The van der Waals surface area contributed by atoms with E-state index in [9.17, 15) is 4.79 Å². The highest BCUT2D eigenvalue weighted by atomic mass is 16.5. The molecule has 1 unspecified atom stereocenters. The third-order valence-corrected chi connectivity index (χ3v) is 2.70. The molecule has 0 bridgehead atoms. The number of carbonyl (C=O) groups is 1. The van der Waals surface area contributed by atoms with E-state index < -0.39 is 11.9 Å². The van der Waals surface area contributed by atoms with Gasteiger partial charge < -0.3 is 9.63 Å². The lowest BCUT2D eigenvalue weighted by Crippen LogP contribution is -2.07. The Labute approximate surface area is 104 Å². The zero-order valence-electron chi connectivity index (χ0n) is 10.0. The maximum absolute atomic E-state index is 10.8. The van der Waals surface area contributed by atoms with Gasteiger partial charge in [-0.15, -0.1) is 0 Å². The second-order valence-corrected chi connectivity index (χ2v) is 4.09. The first-order valence-corrected chi connectivity index (χ1v) is 5.76. The SMILES string of the molecule is CC(C(=O)O)c1nc(CCc2ccccc2)no1. The van der Waals surface area contributed by atoms with Gasteiger partial charge in [0, 0.05) is 6.42 Å². The molecule has 0 saturated carbocycles. The minimum absolute atomic E-state index is 0.158. The van der Waals surface area contributed by atoms with E-state index in [-0.39, 0.29) is 5.89 Å². The zero-order chi connectivity index (χ0) is 13.0. The molecule has 1 atom stereocenters. The Morgan fingerprint density at radius 1 is 1.33 bits per heavy atom. The quantitative estimate of drug-likeness (QED) is 0.873. The normalized spacial score (nSPS) is 12.3. The fraction of sp³-hybridized carbons (Fsp3) is 0.308. The maximum Gasteiger partial charge on any atom is 0.315 e. The molecule has 5 nitrogen and oxygen atoms in total. The van der Waals surface area contributed by atoms with Crippen molar-refractivity contribution >= 4 is 5.97 Å². The number of carboxylic acids is 1. The van der Waals surface area contributed by atoms with Crippen molar-refractivity contribution in [1.82, 2.24) is 10.1 Å². The highest BCUT2D eigenvalue weighted by molar-refractivity contribution is 5.73. The van der Waals surface area contributed by atoms with Gasteiger partial charge in [-0.1, -0.05) is 35.5 Å². The Morgan fingerprint density at radius 2 is 2.06 bits per heavy atom. The topological polar surface area (TPSA) is 76.2 Å². The van der Waals surface area contributed by atoms with E-state index in [1.807, 2.05) is 30.3 Å². The number of nitrogens with zero attached hydrogens (tertiary/aromatic N) is 2. The minimum atomic E-state index is -0.965. The molecule has 5 heteroatoms.